The lowest BCUT2D eigenvalue weighted by molar-refractivity contribution is -0.127. The molecule has 5 rings (SSSR count). The van der Waals surface area contributed by atoms with Crippen molar-refractivity contribution in [3.8, 4) is 5.75 Å². The van der Waals surface area contributed by atoms with E-state index in [1.165, 1.54) is 44.9 Å². The van der Waals surface area contributed by atoms with E-state index in [2.05, 4.69) is 10.6 Å². The molecule has 2 aliphatic carbocycles. The number of fused-ring (bicyclic) bond motifs is 1. The maximum atomic E-state index is 13.0. The molecule has 0 spiro atoms. The van der Waals surface area contributed by atoms with Gasteiger partial charge in [0, 0.05) is 31.8 Å². The highest BCUT2D eigenvalue weighted by molar-refractivity contribution is 6.01. The van der Waals surface area contributed by atoms with Crippen molar-refractivity contribution in [3.63, 3.8) is 0 Å². The summed E-state index contributed by atoms with van der Waals surface area (Å²) in [6.07, 6.45) is 12.9. The SMILES string of the molecule is CO[C@H]1CC[C@H](CN[C@H]2CCCCC[C@@H]2Oc2ccc3c(c2)CN(C2CCCNC2=O)C3=O)CC1. The highest BCUT2D eigenvalue weighted by Gasteiger charge is 2.37. The van der Waals surface area contributed by atoms with E-state index in [0.29, 0.717) is 30.8 Å². The summed E-state index contributed by atoms with van der Waals surface area (Å²) in [5.74, 6) is 1.49. The van der Waals surface area contributed by atoms with E-state index >= 15 is 0 Å². The number of amides is 2. The smallest absolute Gasteiger partial charge is 0.255 e. The van der Waals surface area contributed by atoms with Gasteiger partial charge in [-0.05, 0) is 94.0 Å². The first-order chi connectivity index (χ1) is 17.1. The van der Waals surface area contributed by atoms with Crippen LogP contribution >= 0.6 is 0 Å². The fourth-order valence-corrected chi connectivity index (χ4v) is 6.41. The molecule has 2 aliphatic heterocycles. The number of methoxy groups -OCH3 is 1. The van der Waals surface area contributed by atoms with E-state index < -0.39 is 0 Å². The highest BCUT2D eigenvalue weighted by Crippen LogP contribution is 2.32. The van der Waals surface area contributed by atoms with Crippen LogP contribution in [0.3, 0.4) is 0 Å². The van der Waals surface area contributed by atoms with Gasteiger partial charge in [-0.25, -0.2) is 0 Å². The van der Waals surface area contributed by atoms with Crippen LogP contribution in [0.2, 0.25) is 0 Å². The summed E-state index contributed by atoms with van der Waals surface area (Å²) in [6.45, 7) is 2.24. The predicted octanol–water partition coefficient (Wildman–Crippen LogP) is 3.80. The molecular weight excluding hydrogens is 442 g/mol. The number of piperidine rings is 1. The molecule has 1 aromatic carbocycles. The lowest BCUT2D eigenvalue weighted by atomic mass is 9.87. The molecule has 2 heterocycles. The maximum absolute atomic E-state index is 13.0. The number of ether oxygens (including phenoxy) is 2. The van der Waals surface area contributed by atoms with Gasteiger partial charge in [0.05, 0.1) is 6.10 Å². The van der Waals surface area contributed by atoms with E-state index in [9.17, 15) is 9.59 Å². The summed E-state index contributed by atoms with van der Waals surface area (Å²) >= 11 is 0. The third-order valence-corrected chi connectivity index (χ3v) is 8.58. The molecular formula is C28H41N3O4. The van der Waals surface area contributed by atoms with Crippen molar-refractivity contribution in [1.82, 2.24) is 15.5 Å². The van der Waals surface area contributed by atoms with Gasteiger partial charge in [-0.15, -0.1) is 0 Å². The van der Waals surface area contributed by atoms with E-state index in [1.54, 1.807) is 4.90 Å². The van der Waals surface area contributed by atoms with Crippen molar-refractivity contribution in [3.05, 3.63) is 29.3 Å². The first-order valence-electron chi connectivity index (χ1n) is 13.8. The summed E-state index contributed by atoms with van der Waals surface area (Å²) in [6, 6.07) is 5.86. The summed E-state index contributed by atoms with van der Waals surface area (Å²) in [4.78, 5) is 27.1. The van der Waals surface area contributed by atoms with Crippen LogP contribution in [0.1, 0.15) is 86.6 Å². The Morgan fingerprint density at radius 1 is 1.00 bits per heavy atom. The molecule has 3 fully saturated rings. The molecule has 7 heteroatoms. The molecule has 7 nitrogen and oxygen atoms in total. The second-order valence-electron chi connectivity index (χ2n) is 10.9. The molecule has 4 aliphatic rings. The average molecular weight is 484 g/mol. The molecule has 2 saturated carbocycles. The lowest BCUT2D eigenvalue weighted by Gasteiger charge is -2.32. The predicted molar refractivity (Wildman–Crippen MR) is 134 cm³/mol. The fourth-order valence-electron chi connectivity index (χ4n) is 6.41. The van der Waals surface area contributed by atoms with Crippen molar-refractivity contribution in [1.29, 1.82) is 0 Å². The van der Waals surface area contributed by atoms with Gasteiger partial charge in [-0.1, -0.05) is 12.8 Å². The minimum atomic E-state index is -0.359. The van der Waals surface area contributed by atoms with Gasteiger partial charge in [0.25, 0.3) is 5.91 Å². The Balaban J connectivity index is 1.21. The minimum Gasteiger partial charge on any atom is -0.489 e. The Labute approximate surface area is 209 Å². The van der Waals surface area contributed by atoms with Gasteiger partial charge in [0.2, 0.25) is 5.91 Å². The molecule has 35 heavy (non-hydrogen) atoms. The number of nitrogens with one attached hydrogen (secondary N) is 2. The Kier molecular flexibility index (Phi) is 7.93. The summed E-state index contributed by atoms with van der Waals surface area (Å²) in [5.41, 5.74) is 1.68. The van der Waals surface area contributed by atoms with E-state index in [0.717, 1.165) is 49.5 Å². The number of rotatable bonds is 7. The topological polar surface area (TPSA) is 79.9 Å². The first kappa shape index (κ1) is 24.6. The summed E-state index contributed by atoms with van der Waals surface area (Å²) in [7, 11) is 1.83. The van der Waals surface area contributed by atoms with Gasteiger partial charge in [-0.3, -0.25) is 9.59 Å². The van der Waals surface area contributed by atoms with Crippen LogP contribution in [0, 0.1) is 5.92 Å². The molecule has 0 bridgehead atoms. The Bertz CT molecular complexity index is 898. The summed E-state index contributed by atoms with van der Waals surface area (Å²) in [5, 5.41) is 6.78. The highest BCUT2D eigenvalue weighted by atomic mass is 16.5. The molecule has 3 atom stereocenters. The number of carbonyl (C=O) groups excluding carboxylic acids is 2. The monoisotopic (exact) mass is 483 g/mol. The maximum Gasteiger partial charge on any atom is 0.255 e. The number of nitrogens with zero attached hydrogens (tertiary/aromatic N) is 1. The van der Waals surface area contributed by atoms with Crippen molar-refractivity contribution in [2.24, 2.45) is 5.92 Å². The number of hydrogen-bond donors (Lipinski definition) is 2. The van der Waals surface area contributed by atoms with Gasteiger partial charge < -0.3 is 25.0 Å². The third-order valence-electron chi connectivity index (χ3n) is 8.58. The fraction of sp³-hybridized carbons (Fsp3) is 0.714. The van der Waals surface area contributed by atoms with Crippen LogP contribution in [0.15, 0.2) is 18.2 Å². The standard InChI is InChI=1S/C28H41N3O4/c1-34-21-11-9-19(10-12-21)17-30-24-6-3-2-4-8-26(24)35-22-13-14-23-20(16-22)18-31(28(23)33)25-7-5-15-29-27(25)32/h13-14,16,19,21,24-26,30H,2-12,15,17-18H2,1H3,(H,29,32)/t19-,21-,24-,25?,26-/m0/s1. The molecule has 1 unspecified atom stereocenters. The minimum absolute atomic E-state index is 0.0306. The van der Waals surface area contributed by atoms with Crippen molar-refractivity contribution in [2.45, 2.75) is 101 Å². The van der Waals surface area contributed by atoms with Crippen molar-refractivity contribution < 1.29 is 19.1 Å². The molecule has 0 aromatic heterocycles. The Morgan fingerprint density at radius 2 is 1.83 bits per heavy atom. The second-order valence-corrected chi connectivity index (χ2v) is 10.9. The van der Waals surface area contributed by atoms with Crippen LogP contribution in [0.25, 0.3) is 0 Å². The zero-order chi connectivity index (χ0) is 24.2. The quantitative estimate of drug-likeness (QED) is 0.577. The van der Waals surface area contributed by atoms with Crippen LogP contribution < -0.4 is 15.4 Å². The van der Waals surface area contributed by atoms with E-state index in [1.807, 2.05) is 25.3 Å². The van der Waals surface area contributed by atoms with E-state index in [4.69, 9.17) is 9.47 Å². The van der Waals surface area contributed by atoms with E-state index in [-0.39, 0.29) is 24.0 Å². The molecule has 1 aromatic rings. The zero-order valence-electron chi connectivity index (χ0n) is 21.1. The molecule has 2 N–H and O–H groups in total. The molecule has 0 radical (unpaired) electrons. The third kappa shape index (κ3) is 5.67. The van der Waals surface area contributed by atoms with Crippen molar-refractivity contribution >= 4 is 11.8 Å². The number of carbonyl (C=O) groups is 2. The Morgan fingerprint density at radius 3 is 2.63 bits per heavy atom. The van der Waals surface area contributed by atoms with Crippen LogP contribution in [0.5, 0.6) is 5.75 Å². The van der Waals surface area contributed by atoms with Gasteiger partial charge in [0.15, 0.2) is 0 Å². The van der Waals surface area contributed by atoms with Gasteiger partial charge >= 0.3 is 0 Å². The van der Waals surface area contributed by atoms with Gasteiger partial charge in [0.1, 0.15) is 17.9 Å². The van der Waals surface area contributed by atoms with Crippen LogP contribution in [-0.2, 0) is 16.1 Å². The van der Waals surface area contributed by atoms with Crippen molar-refractivity contribution in [2.75, 3.05) is 20.2 Å². The number of hydrogen-bond acceptors (Lipinski definition) is 5. The van der Waals surface area contributed by atoms with Crippen LogP contribution in [0.4, 0.5) is 0 Å². The van der Waals surface area contributed by atoms with Gasteiger partial charge in [-0.2, -0.15) is 0 Å². The summed E-state index contributed by atoms with van der Waals surface area (Å²) < 4.78 is 12.1. The molecule has 192 valence electrons. The molecule has 1 saturated heterocycles. The average Bonchev–Trinajstić information content (AvgIpc) is 3.04. The van der Waals surface area contributed by atoms with Crippen LogP contribution in [-0.4, -0.2) is 61.2 Å². The normalized spacial score (nSPS) is 31.6. The molecule has 2 amide bonds. The first-order valence-corrected chi connectivity index (χ1v) is 13.8. The number of benzene rings is 1. The zero-order valence-corrected chi connectivity index (χ0v) is 21.1. The second kappa shape index (κ2) is 11.3. The Hall–Kier alpha value is -2.12. The lowest BCUT2D eigenvalue weighted by Crippen LogP contribution is -2.50. The largest absolute Gasteiger partial charge is 0.489 e.